The van der Waals surface area contributed by atoms with Crippen molar-refractivity contribution in [2.45, 2.75) is 4.90 Å². The summed E-state index contributed by atoms with van der Waals surface area (Å²) >= 11 is 0. The number of benzene rings is 2. The number of nitrogen functional groups attached to an aromatic ring is 1. The average molecular weight is 294 g/mol. The minimum absolute atomic E-state index is 0.156. The van der Waals surface area contributed by atoms with Crippen molar-refractivity contribution >= 4 is 32.4 Å². The van der Waals surface area contributed by atoms with Gasteiger partial charge >= 0.3 is 6.09 Å². The number of nitrogens with two attached hydrogens (primary N) is 1. The van der Waals surface area contributed by atoms with E-state index in [4.69, 9.17) is 10.8 Å². The highest BCUT2D eigenvalue weighted by molar-refractivity contribution is 7.91. The van der Waals surface area contributed by atoms with Crippen LogP contribution in [0, 0.1) is 0 Å². The van der Waals surface area contributed by atoms with Gasteiger partial charge in [-0.05, 0) is 12.1 Å². The molecule has 1 amide bonds. The standard InChI is InChI=1S/C13H14N2O4S/c14-11-5-6-12(10-4-2-1-3-9(10)11)20(18,19)8-7-15-13(16)17/h1-6,15H,7-8,14H2,(H,16,17). The molecule has 0 spiro atoms. The predicted octanol–water partition coefficient (Wildman–Crippen LogP) is 1.46. The zero-order chi connectivity index (χ0) is 14.8. The smallest absolute Gasteiger partial charge is 0.404 e. The van der Waals surface area contributed by atoms with Crippen LogP contribution in [-0.2, 0) is 9.84 Å². The molecule has 0 bridgehead atoms. The summed E-state index contributed by atoms with van der Waals surface area (Å²) in [5, 5.41) is 11.7. The maximum Gasteiger partial charge on any atom is 0.404 e. The van der Waals surface area contributed by atoms with E-state index in [1.54, 1.807) is 30.3 Å². The van der Waals surface area contributed by atoms with Gasteiger partial charge in [-0.1, -0.05) is 24.3 Å². The number of carbonyl (C=O) groups is 1. The van der Waals surface area contributed by atoms with Crippen LogP contribution in [0.25, 0.3) is 10.8 Å². The molecule has 0 heterocycles. The van der Waals surface area contributed by atoms with E-state index in [9.17, 15) is 13.2 Å². The van der Waals surface area contributed by atoms with Crippen LogP contribution in [0.5, 0.6) is 0 Å². The summed E-state index contributed by atoms with van der Waals surface area (Å²) in [4.78, 5) is 10.5. The summed E-state index contributed by atoms with van der Waals surface area (Å²) in [6.45, 7) is -0.156. The van der Waals surface area contributed by atoms with Crippen molar-refractivity contribution in [2.24, 2.45) is 0 Å². The lowest BCUT2D eigenvalue weighted by atomic mass is 10.1. The Balaban J connectivity index is 2.42. The molecule has 0 atom stereocenters. The van der Waals surface area contributed by atoms with Gasteiger partial charge in [0, 0.05) is 23.0 Å². The number of nitrogens with one attached hydrogen (secondary N) is 1. The molecule has 2 aromatic carbocycles. The lowest BCUT2D eigenvalue weighted by molar-refractivity contribution is 0.195. The molecule has 6 nitrogen and oxygen atoms in total. The minimum Gasteiger partial charge on any atom is -0.465 e. The number of sulfone groups is 1. The topological polar surface area (TPSA) is 109 Å². The lowest BCUT2D eigenvalue weighted by Crippen LogP contribution is -2.27. The third-order valence-electron chi connectivity index (χ3n) is 2.90. The van der Waals surface area contributed by atoms with Crippen LogP contribution in [0.4, 0.5) is 10.5 Å². The average Bonchev–Trinajstić information content (AvgIpc) is 2.38. The van der Waals surface area contributed by atoms with Gasteiger partial charge in [0.1, 0.15) is 0 Å². The first kappa shape index (κ1) is 14.1. The maximum atomic E-state index is 12.3. The highest BCUT2D eigenvalue weighted by atomic mass is 32.2. The third-order valence-corrected chi connectivity index (χ3v) is 4.67. The van der Waals surface area contributed by atoms with E-state index >= 15 is 0 Å². The van der Waals surface area contributed by atoms with Gasteiger partial charge < -0.3 is 16.2 Å². The summed E-state index contributed by atoms with van der Waals surface area (Å²) in [6.07, 6.45) is -1.25. The van der Waals surface area contributed by atoms with E-state index < -0.39 is 15.9 Å². The number of hydrogen-bond donors (Lipinski definition) is 3. The van der Waals surface area contributed by atoms with E-state index in [2.05, 4.69) is 0 Å². The molecule has 0 aromatic heterocycles. The van der Waals surface area contributed by atoms with Crippen LogP contribution in [-0.4, -0.2) is 31.9 Å². The van der Waals surface area contributed by atoms with Crippen molar-refractivity contribution in [2.75, 3.05) is 18.0 Å². The Morgan fingerprint density at radius 3 is 2.45 bits per heavy atom. The summed E-state index contributed by atoms with van der Waals surface area (Å²) in [5.41, 5.74) is 6.33. The first-order chi connectivity index (χ1) is 9.42. The van der Waals surface area contributed by atoms with E-state index in [1.807, 2.05) is 5.32 Å². The largest absolute Gasteiger partial charge is 0.465 e. The molecule has 2 rings (SSSR count). The van der Waals surface area contributed by atoms with Gasteiger partial charge in [-0.25, -0.2) is 13.2 Å². The van der Waals surface area contributed by atoms with Crippen molar-refractivity contribution in [3.05, 3.63) is 36.4 Å². The van der Waals surface area contributed by atoms with Crippen LogP contribution in [0.1, 0.15) is 0 Å². The zero-order valence-electron chi connectivity index (χ0n) is 10.5. The number of carboxylic acid groups (broad SMARTS) is 1. The van der Waals surface area contributed by atoms with Gasteiger partial charge in [0.05, 0.1) is 10.6 Å². The number of fused-ring (bicyclic) bond motifs is 1. The molecule has 20 heavy (non-hydrogen) atoms. The van der Waals surface area contributed by atoms with Crippen molar-refractivity contribution in [3.63, 3.8) is 0 Å². The Labute approximate surface area is 116 Å². The first-order valence-corrected chi connectivity index (χ1v) is 7.54. The maximum absolute atomic E-state index is 12.3. The van der Waals surface area contributed by atoms with Gasteiger partial charge in [0.2, 0.25) is 0 Å². The Bertz CT molecular complexity index is 756. The monoisotopic (exact) mass is 294 g/mol. The molecule has 0 unspecified atom stereocenters. The molecule has 0 saturated carbocycles. The summed E-state index contributed by atoms with van der Waals surface area (Å²) in [7, 11) is -3.58. The van der Waals surface area contributed by atoms with E-state index in [0.717, 1.165) is 0 Å². The summed E-state index contributed by atoms with van der Waals surface area (Å²) in [6, 6.07) is 9.94. The van der Waals surface area contributed by atoms with Crippen molar-refractivity contribution < 1.29 is 18.3 Å². The molecular formula is C13H14N2O4S. The van der Waals surface area contributed by atoms with Crippen LogP contribution in [0.3, 0.4) is 0 Å². The second-order valence-corrected chi connectivity index (χ2v) is 6.33. The molecule has 2 aromatic rings. The van der Waals surface area contributed by atoms with E-state index in [0.29, 0.717) is 16.5 Å². The number of rotatable bonds is 4. The SMILES string of the molecule is Nc1ccc(S(=O)(=O)CCNC(=O)O)c2ccccc12. The molecule has 106 valence electrons. The van der Waals surface area contributed by atoms with Crippen molar-refractivity contribution in [1.82, 2.24) is 5.32 Å². The van der Waals surface area contributed by atoms with Crippen LogP contribution < -0.4 is 11.1 Å². The predicted molar refractivity (Wildman–Crippen MR) is 76.4 cm³/mol. The molecule has 0 saturated heterocycles. The molecule has 0 aliphatic rings. The van der Waals surface area contributed by atoms with Gasteiger partial charge in [-0.2, -0.15) is 0 Å². The molecular weight excluding hydrogens is 280 g/mol. The number of amides is 1. The van der Waals surface area contributed by atoms with Crippen LogP contribution in [0.15, 0.2) is 41.3 Å². The van der Waals surface area contributed by atoms with Crippen molar-refractivity contribution in [1.29, 1.82) is 0 Å². The Hall–Kier alpha value is -2.28. The first-order valence-electron chi connectivity index (χ1n) is 5.88. The summed E-state index contributed by atoms with van der Waals surface area (Å²) < 4.78 is 24.5. The van der Waals surface area contributed by atoms with E-state index in [-0.39, 0.29) is 17.2 Å². The molecule has 7 heteroatoms. The van der Waals surface area contributed by atoms with Gasteiger partial charge in [0.15, 0.2) is 9.84 Å². The third kappa shape index (κ3) is 2.83. The second kappa shape index (κ2) is 5.38. The highest BCUT2D eigenvalue weighted by Gasteiger charge is 2.18. The van der Waals surface area contributed by atoms with Gasteiger partial charge in [-0.3, -0.25) is 0 Å². The zero-order valence-corrected chi connectivity index (χ0v) is 11.4. The Kier molecular flexibility index (Phi) is 3.80. The molecule has 0 radical (unpaired) electrons. The number of hydrogen-bond acceptors (Lipinski definition) is 4. The minimum atomic E-state index is -3.58. The molecule has 0 aliphatic heterocycles. The van der Waals surface area contributed by atoms with E-state index in [1.165, 1.54) is 6.07 Å². The Morgan fingerprint density at radius 2 is 1.80 bits per heavy atom. The van der Waals surface area contributed by atoms with Gasteiger partial charge in [0.25, 0.3) is 0 Å². The fourth-order valence-corrected chi connectivity index (χ4v) is 3.35. The fraction of sp³-hybridized carbons (Fsp3) is 0.154. The van der Waals surface area contributed by atoms with Crippen molar-refractivity contribution in [3.8, 4) is 0 Å². The molecule has 0 aliphatic carbocycles. The summed E-state index contributed by atoms with van der Waals surface area (Å²) in [5.74, 6) is -0.298. The van der Waals surface area contributed by atoms with Crippen LogP contribution >= 0.6 is 0 Å². The highest BCUT2D eigenvalue weighted by Crippen LogP contribution is 2.28. The van der Waals surface area contributed by atoms with Gasteiger partial charge in [-0.15, -0.1) is 0 Å². The molecule has 0 fully saturated rings. The quantitative estimate of drug-likeness (QED) is 0.740. The number of anilines is 1. The fourth-order valence-electron chi connectivity index (χ4n) is 1.97. The second-order valence-electron chi connectivity index (χ2n) is 4.25. The Morgan fingerprint density at radius 1 is 1.15 bits per heavy atom. The molecule has 4 N–H and O–H groups in total. The van der Waals surface area contributed by atoms with Crippen LogP contribution in [0.2, 0.25) is 0 Å². The normalized spacial score (nSPS) is 11.4. The lowest BCUT2D eigenvalue weighted by Gasteiger charge is -2.10.